The summed E-state index contributed by atoms with van der Waals surface area (Å²) in [6, 6.07) is 9.23. The highest BCUT2D eigenvalue weighted by molar-refractivity contribution is 6.03. The number of hydrogen-bond acceptors (Lipinski definition) is 1. The number of benzene rings is 1. The molecule has 0 N–H and O–H groups in total. The molecular weight excluding hydrogens is 326 g/mol. The Morgan fingerprint density at radius 1 is 0.852 bits per heavy atom. The van der Waals surface area contributed by atoms with Gasteiger partial charge >= 0.3 is 0 Å². The standard InChI is InChI=1S/C22H31N.C4H10/c1-16(2)14-18-10-12-19(13-11-18)22-21-9-7-5-4-6-8-20(21)17(3)15-23-22;1-4(2)3/h10-13,15-16,20-21H,4-9,14H2,1-3H3;4H,1-3H3. The predicted molar refractivity (Wildman–Crippen MR) is 120 cm³/mol. The Bertz CT molecular complexity index is 615. The molecule has 27 heavy (non-hydrogen) atoms. The molecule has 1 heterocycles. The molecule has 1 aromatic rings. The smallest absolute Gasteiger partial charge is 0.0512 e. The summed E-state index contributed by atoms with van der Waals surface area (Å²) in [6.45, 7) is 13.4. The van der Waals surface area contributed by atoms with E-state index < -0.39 is 0 Å². The van der Waals surface area contributed by atoms with E-state index in [1.54, 1.807) is 0 Å². The Labute approximate surface area is 168 Å². The van der Waals surface area contributed by atoms with Crippen LogP contribution in [0.25, 0.3) is 0 Å². The van der Waals surface area contributed by atoms with Crippen molar-refractivity contribution in [1.82, 2.24) is 0 Å². The Kier molecular flexibility index (Phi) is 8.80. The minimum absolute atomic E-state index is 0.635. The van der Waals surface area contributed by atoms with Crippen LogP contribution < -0.4 is 0 Å². The van der Waals surface area contributed by atoms with Gasteiger partial charge in [-0.05, 0) is 55.1 Å². The molecule has 1 nitrogen and oxygen atoms in total. The summed E-state index contributed by atoms with van der Waals surface area (Å²) >= 11 is 0. The van der Waals surface area contributed by atoms with Gasteiger partial charge in [0.15, 0.2) is 0 Å². The molecule has 150 valence electrons. The van der Waals surface area contributed by atoms with E-state index in [-0.39, 0.29) is 0 Å². The second-order valence-corrected chi connectivity index (χ2v) is 9.62. The fourth-order valence-electron chi connectivity index (χ4n) is 4.29. The van der Waals surface area contributed by atoms with E-state index in [0.717, 1.165) is 18.3 Å². The van der Waals surface area contributed by atoms with Crippen LogP contribution in [0.3, 0.4) is 0 Å². The van der Waals surface area contributed by atoms with Gasteiger partial charge in [-0.3, -0.25) is 4.99 Å². The van der Waals surface area contributed by atoms with Gasteiger partial charge in [0.2, 0.25) is 0 Å². The maximum atomic E-state index is 4.88. The summed E-state index contributed by atoms with van der Waals surface area (Å²) < 4.78 is 0. The summed E-state index contributed by atoms with van der Waals surface area (Å²) in [5, 5.41) is 0. The zero-order valence-corrected chi connectivity index (χ0v) is 18.6. The molecule has 1 heteroatoms. The van der Waals surface area contributed by atoms with Crippen LogP contribution in [0.5, 0.6) is 0 Å². The Morgan fingerprint density at radius 3 is 1.96 bits per heavy atom. The van der Waals surface area contributed by atoms with E-state index in [4.69, 9.17) is 4.99 Å². The van der Waals surface area contributed by atoms with Crippen molar-refractivity contribution in [2.75, 3.05) is 0 Å². The largest absolute Gasteiger partial charge is 0.260 e. The highest BCUT2D eigenvalue weighted by atomic mass is 14.7. The molecule has 1 fully saturated rings. The molecule has 0 bridgehead atoms. The van der Waals surface area contributed by atoms with Crippen LogP contribution in [0.1, 0.15) is 91.2 Å². The number of aliphatic imine (C=N–C) groups is 1. The first kappa shape index (κ1) is 21.9. The van der Waals surface area contributed by atoms with Gasteiger partial charge in [0.1, 0.15) is 0 Å². The lowest BCUT2D eigenvalue weighted by molar-refractivity contribution is 0.360. The van der Waals surface area contributed by atoms with Crippen LogP contribution in [-0.2, 0) is 6.42 Å². The first-order valence-corrected chi connectivity index (χ1v) is 11.2. The zero-order valence-electron chi connectivity index (χ0n) is 18.6. The van der Waals surface area contributed by atoms with Gasteiger partial charge in [-0.25, -0.2) is 0 Å². The fraction of sp³-hybridized carbons (Fsp3) is 0.654. The molecule has 1 saturated carbocycles. The second kappa shape index (κ2) is 10.8. The van der Waals surface area contributed by atoms with Crippen molar-refractivity contribution in [2.45, 2.75) is 86.5 Å². The molecule has 2 atom stereocenters. The van der Waals surface area contributed by atoms with E-state index in [1.807, 2.05) is 0 Å². The van der Waals surface area contributed by atoms with Gasteiger partial charge in [-0.15, -0.1) is 0 Å². The average Bonchev–Trinajstić information content (AvgIpc) is 2.56. The summed E-state index contributed by atoms with van der Waals surface area (Å²) in [4.78, 5) is 4.88. The van der Waals surface area contributed by atoms with Crippen LogP contribution in [0, 0.1) is 23.7 Å². The SMILES string of the molecule is CC(C)C.CC1=CN=C(c2ccc(CC(C)C)cc2)C2CCCCCCC12. The van der Waals surface area contributed by atoms with E-state index in [9.17, 15) is 0 Å². The van der Waals surface area contributed by atoms with E-state index in [0.29, 0.717) is 11.8 Å². The molecule has 3 rings (SSSR count). The molecule has 1 aromatic carbocycles. The third kappa shape index (κ3) is 6.94. The molecule has 0 spiro atoms. The number of nitrogens with zero attached hydrogens (tertiary/aromatic N) is 1. The highest BCUT2D eigenvalue weighted by Crippen LogP contribution is 2.38. The molecule has 0 saturated heterocycles. The minimum atomic E-state index is 0.635. The third-order valence-electron chi connectivity index (χ3n) is 5.50. The van der Waals surface area contributed by atoms with Crippen molar-refractivity contribution in [3.8, 4) is 0 Å². The molecule has 0 radical (unpaired) electrons. The second-order valence-electron chi connectivity index (χ2n) is 9.62. The van der Waals surface area contributed by atoms with Crippen LogP contribution in [0.4, 0.5) is 0 Å². The molecule has 0 aromatic heterocycles. The van der Waals surface area contributed by atoms with Crippen molar-refractivity contribution in [2.24, 2.45) is 28.7 Å². The molecule has 1 aliphatic carbocycles. The zero-order chi connectivity index (χ0) is 19.8. The van der Waals surface area contributed by atoms with Crippen molar-refractivity contribution < 1.29 is 0 Å². The van der Waals surface area contributed by atoms with E-state index in [1.165, 1.54) is 60.9 Å². The van der Waals surface area contributed by atoms with Crippen LogP contribution >= 0.6 is 0 Å². The quantitative estimate of drug-likeness (QED) is 0.516. The molecule has 0 amide bonds. The number of hydrogen-bond donors (Lipinski definition) is 0. The van der Waals surface area contributed by atoms with Crippen LogP contribution in [-0.4, -0.2) is 5.71 Å². The normalized spacial score (nSPS) is 22.8. The third-order valence-corrected chi connectivity index (χ3v) is 5.50. The molecule has 2 aliphatic rings. The van der Waals surface area contributed by atoms with Gasteiger partial charge in [0.25, 0.3) is 0 Å². The van der Waals surface area contributed by atoms with Crippen molar-refractivity contribution >= 4 is 5.71 Å². The highest BCUT2D eigenvalue weighted by Gasteiger charge is 2.31. The summed E-state index contributed by atoms with van der Waals surface area (Å²) in [5.41, 5.74) is 5.63. The van der Waals surface area contributed by atoms with Crippen LogP contribution in [0.15, 0.2) is 41.0 Å². The molecular formula is C26H41N. The van der Waals surface area contributed by atoms with Crippen molar-refractivity contribution in [1.29, 1.82) is 0 Å². The summed E-state index contributed by atoms with van der Waals surface area (Å²) in [7, 11) is 0. The van der Waals surface area contributed by atoms with E-state index >= 15 is 0 Å². The summed E-state index contributed by atoms with van der Waals surface area (Å²) in [6.07, 6.45) is 11.5. The maximum absolute atomic E-state index is 4.88. The molecule has 1 aliphatic heterocycles. The number of rotatable bonds is 3. The van der Waals surface area contributed by atoms with Crippen LogP contribution in [0.2, 0.25) is 0 Å². The van der Waals surface area contributed by atoms with Crippen molar-refractivity contribution in [3.05, 3.63) is 47.2 Å². The Balaban J connectivity index is 0.000000596. The molecule has 2 unspecified atom stereocenters. The maximum Gasteiger partial charge on any atom is 0.0512 e. The lowest BCUT2D eigenvalue weighted by atomic mass is 9.73. The number of allylic oxidation sites excluding steroid dienone is 1. The lowest BCUT2D eigenvalue weighted by Crippen LogP contribution is -2.29. The summed E-state index contributed by atoms with van der Waals surface area (Å²) in [5.74, 6) is 2.91. The van der Waals surface area contributed by atoms with Gasteiger partial charge < -0.3 is 0 Å². The van der Waals surface area contributed by atoms with Gasteiger partial charge in [-0.1, -0.05) is 90.1 Å². The minimum Gasteiger partial charge on any atom is -0.260 e. The van der Waals surface area contributed by atoms with Crippen molar-refractivity contribution in [3.63, 3.8) is 0 Å². The Morgan fingerprint density at radius 2 is 1.41 bits per heavy atom. The number of fused-ring (bicyclic) bond motifs is 1. The van der Waals surface area contributed by atoms with Gasteiger partial charge in [-0.2, -0.15) is 0 Å². The van der Waals surface area contributed by atoms with Gasteiger partial charge in [0.05, 0.1) is 5.71 Å². The van der Waals surface area contributed by atoms with E-state index in [2.05, 4.69) is 72.0 Å². The Hall–Kier alpha value is -1.37. The first-order valence-electron chi connectivity index (χ1n) is 11.2. The fourth-order valence-corrected chi connectivity index (χ4v) is 4.29. The predicted octanol–water partition coefficient (Wildman–Crippen LogP) is 7.84. The van der Waals surface area contributed by atoms with Gasteiger partial charge in [0, 0.05) is 12.1 Å². The average molecular weight is 368 g/mol. The monoisotopic (exact) mass is 367 g/mol. The first-order chi connectivity index (χ1) is 12.9. The lowest BCUT2D eigenvalue weighted by Gasteiger charge is -2.33. The topological polar surface area (TPSA) is 12.4 Å².